The van der Waals surface area contributed by atoms with Crippen molar-refractivity contribution in [3.05, 3.63) is 42.1 Å². The van der Waals surface area contributed by atoms with E-state index in [1.165, 1.54) is 4.68 Å². The summed E-state index contributed by atoms with van der Waals surface area (Å²) in [7, 11) is 1.72. The highest BCUT2D eigenvalue weighted by Gasteiger charge is 2.12. The second kappa shape index (κ2) is 5.33. The van der Waals surface area contributed by atoms with Crippen LogP contribution in [-0.4, -0.2) is 15.9 Å². The summed E-state index contributed by atoms with van der Waals surface area (Å²) in [6.07, 6.45) is 1.04. The van der Waals surface area contributed by atoms with Gasteiger partial charge in [-0.15, -0.1) is 0 Å². The number of rotatable bonds is 3. The first-order chi connectivity index (χ1) is 8.70. The number of aromatic nitrogens is 2. The van der Waals surface area contributed by atoms with Gasteiger partial charge >= 0.3 is 6.09 Å². The number of benzene rings is 1. The van der Waals surface area contributed by atoms with Crippen molar-refractivity contribution < 1.29 is 9.53 Å². The number of carbonyl (C=O) groups excluding carboxylic acids is 1. The van der Waals surface area contributed by atoms with Crippen LogP contribution in [0.2, 0.25) is 0 Å². The minimum Gasteiger partial charge on any atom is -0.410 e. The van der Waals surface area contributed by atoms with Crippen LogP contribution in [0.25, 0.3) is 0 Å². The van der Waals surface area contributed by atoms with E-state index in [1.807, 2.05) is 6.07 Å². The Morgan fingerprint density at radius 3 is 2.83 bits per heavy atom. The van der Waals surface area contributed by atoms with Gasteiger partial charge in [0.05, 0.1) is 6.20 Å². The van der Waals surface area contributed by atoms with Gasteiger partial charge in [0.1, 0.15) is 11.6 Å². The lowest BCUT2D eigenvalue weighted by molar-refractivity contribution is 0.215. The summed E-state index contributed by atoms with van der Waals surface area (Å²) in [4.78, 5) is 11.7. The first-order valence-corrected chi connectivity index (χ1v) is 5.45. The van der Waals surface area contributed by atoms with Gasteiger partial charge in [-0.2, -0.15) is 5.10 Å². The van der Waals surface area contributed by atoms with Crippen molar-refractivity contribution in [2.45, 2.75) is 6.54 Å². The third-order valence-electron chi connectivity index (χ3n) is 2.41. The lowest BCUT2D eigenvalue weighted by Gasteiger charge is -2.08. The Labute approximate surface area is 104 Å². The summed E-state index contributed by atoms with van der Waals surface area (Å²) in [5, 5.41) is 6.63. The normalized spacial score (nSPS) is 10.1. The van der Waals surface area contributed by atoms with Crippen LogP contribution < -0.4 is 15.8 Å². The summed E-state index contributed by atoms with van der Waals surface area (Å²) >= 11 is 0. The van der Waals surface area contributed by atoms with Crippen LogP contribution in [0.5, 0.6) is 5.75 Å². The van der Waals surface area contributed by atoms with Crippen molar-refractivity contribution in [2.24, 2.45) is 12.8 Å². The predicted molar refractivity (Wildman–Crippen MR) is 67.2 cm³/mol. The molecule has 2 aromatic rings. The van der Waals surface area contributed by atoms with Gasteiger partial charge in [0, 0.05) is 19.2 Å². The number of amides is 1. The zero-order valence-corrected chi connectivity index (χ0v) is 9.96. The number of anilines is 1. The number of ether oxygens (including phenoxy) is 1. The SMILES string of the molecule is Cn1ncc(CN)c1NC(=O)Oc1ccccc1. The molecule has 0 radical (unpaired) electrons. The highest BCUT2D eigenvalue weighted by Crippen LogP contribution is 2.14. The second-order valence-corrected chi connectivity index (χ2v) is 3.67. The van der Waals surface area contributed by atoms with Crippen LogP contribution in [0.3, 0.4) is 0 Å². The summed E-state index contributed by atoms with van der Waals surface area (Å²) in [6, 6.07) is 8.83. The average Bonchev–Trinajstić information content (AvgIpc) is 2.72. The quantitative estimate of drug-likeness (QED) is 0.859. The molecule has 0 saturated carbocycles. The first-order valence-electron chi connectivity index (χ1n) is 5.45. The minimum absolute atomic E-state index is 0.300. The maximum Gasteiger partial charge on any atom is 0.418 e. The van der Waals surface area contributed by atoms with Crippen molar-refractivity contribution in [2.75, 3.05) is 5.32 Å². The van der Waals surface area contributed by atoms with E-state index in [0.717, 1.165) is 5.56 Å². The van der Waals surface area contributed by atoms with Gasteiger partial charge in [-0.1, -0.05) is 18.2 Å². The van der Waals surface area contributed by atoms with Crippen molar-refractivity contribution in [3.8, 4) is 5.75 Å². The molecule has 1 aromatic carbocycles. The Bertz CT molecular complexity index is 536. The molecule has 3 N–H and O–H groups in total. The van der Waals surface area contributed by atoms with Crippen molar-refractivity contribution >= 4 is 11.9 Å². The van der Waals surface area contributed by atoms with Crippen molar-refractivity contribution in [1.82, 2.24) is 9.78 Å². The lowest BCUT2D eigenvalue weighted by atomic mass is 10.3. The monoisotopic (exact) mass is 246 g/mol. The number of hydrogen-bond acceptors (Lipinski definition) is 4. The number of nitrogens with zero attached hydrogens (tertiary/aromatic N) is 2. The summed E-state index contributed by atoms with van der Waals surface area (Å²) < 4.78 is 6.65. The molecule has 1 heterocycles. The summed E-state index contributed by atoms with van der Waals surface area (Å²) in [6.45, 7) is 0.300. The number of carbonyl (C=O) groups is 1. The number of nitrogens with one attached hydrogen (secondary N) is 1. The van der Waals surface area contributed by atoms with E-state index in [4.69, 9.17) is 10.5 Å². The van der Waals surface area contributed by atoms with E-state index >= 15 is 0 Å². The molecule has 1 aromatic heterocycles. The molecule has 0 aliphatic rings. The molecule has 0 aliphatic heterocycles. The third kappa shape index (κ3) is 2.67. The fraction of sp³-hybridized carbons (Fsp3) is 0.167. The third-order valence-corrected chi connectivity index (χ3v) is 2.41. The summed E-state index contributed by atoms with van der Waals surface area (Å²) in [5.41, 5.74) is 6.30. The Kier molecular flexibility index (Phi) is 3.59. The molecule has 0 saturated heterocycles. The molecule has 6 heteroatoms. The molecule has 94 valence electrons. The predicted octanol–water partition coefficient (Wildman–Crippen LogP) is 1.49. The molecule has 0 bridgehead atoms. The first kappa shape index (κ1) is 12.1. The molecule has 1 amide bonds. The van der Waals surface area contributed by atoms with Gasteiger partial charge in [0.15, 0.2) is 0 Å². The molecule has 0 aliphatic carbocycles. The molecule has 0 spiro atoms. The van der Waals surface area contributed by atoms with Gasteiger partial charge in [-0.3, -0.25) is 10.00 Å². The molecule has 18 heavy (non-hydrogen) atoms. The molecule has 2 rings (SSSR count). The van der Waals surface area contributed by atoms with Crippen molar-refractivity contribution in [1.29, 1.82) is 0 Å². The maximum atomic E-state index is 11.7. The van der Waals surface area contributed by atoms with Gasteiger partial charge < -0.3 is 10.5 Å². The van der Waals surface area contributed by atoms with Crippen LogP contribution >= 0.6 is 0 Å². The number of nitrogens with two attached hydrogens (primary N) is 1. The smallest absolute Gasteiger partial charge is 0.410 e. The molecule has 0 unspecified atom stereocenters. The van der Waals surface area contributed by atoms with Gasteiger partial charge in [-0.05, 0) is 12.1 Å². The molecular formula is C12H14N4O2. The molecule has 0 fully saturated rings. The van der Waals surface area contributed by atoms with E-state index in [2.05, 4.69) is 10.4 Å². The van der Waals surface area contributed by atoms with Gasteiger partial charge in [-0.25, -0.2) is 4.79 Å². The number of hydrogen-bond donors (Lipinski definition) is 2. The van der Waals surface area contributed by atoms with Crippen LogP contribution in [0.1, 0.15) is 5.56 Å². The van der Waals surface area contributed by atoms with Crippen LogP contribution in [0.15, 0.2) is 36.5 Å². The Morgan fingerprint density at radius 2 is 2.17 bits per heavy atom. The standard InChI is InChI=1S/C12H14N4O2/c1-16-11(9(7-13)8-14-16)15-12(17)18-10-5-3-2-4-6-10/h2-6,8H,7,13H2,1H3,(H,15,17). The highest BCUT2D eigenvalue weighted by atomic mass is 16.6. The average molecular weight is 246 g/mol. The molecule has 6 nitrogen and oxygen atoms in total. The van der Waals surface area contributed by atoms with E-state index in [-0.39, 0.29) is 0 Å². The van der Waals surface area contributed by atoms with Crippen LogP contribution in [-0.2, 0) is 13.6 Å². The Balaban J connectivity index is 2.05. The summed E-state index contributed by atoms with van der Waals surface area (Å²) in [5.74, 6) is 1.02. The van der Waals surface area contributed by atoms with Crippen LogP contribution in [0, 0.1) is 0 Å². The van der Waals surface area contributed by atoms with Crippen molar-refractivity contribution in [3.63, 3.8) is 0 Å². The van der Waals surface area contributed by atoms with E-state index < -0.39 is 6.09 Å². The Morgan fingerprint density at radius 1 is 1.44 bits per heavy atom. The fourth-order valence-corrected chi connectivity index (χ4v) is 1.51. The molecule has 0 atom stereocenters. The zero-order chi connectivity index (χ0) is 13.0. The number of aryl methyl sites for hydroxylation is 1. The second-order valence-electron chi connectivity index (χ2n) is 3.67. The minimum atomic E-state index is -0.570. The highest BCUT2D eigenvalue weighted by molar-refractivity contribution is 5.86. The van der Waals surface area contributed by atoms with Crippen LogP contribution in [0.4, 0.5) is 10.6 Å². The zero-order valence-electron chi connectivity index (χ0n) is 9.96. The number of para-hydroxylation sites is 1. The fourth-order valence-electron chi connectivity index (χ4n) is 1.51. The Hall–Kier alpha value is -2.34. The largest absolute Gasteiger partial charge is 0.418 e. The van der Waals surface area contributed by atoms with E-state index in [9.17, 15) is 4.79 Å². The maximum absolute atomic E-state index is 11.7. The molecular weight excluding hydrogens is 232 g/mol. The lowest BCUT2D eigenvalue weighted by Crippen LogP contribution is -2.20. The van der Waals surface area contributed by atoms with Gasteiger partial charge in [0.25, 0.3) is 0 Å². The van der Waals surface area contributed by atoms with Gasteiger partial charge in [0.2, 0.25) is 0 Å². The van der Waals surface area contributed by atoms with E-state index in [1.54, 1.807) is 37.5 Å². The topological polar surface area (TPSA) is 82.2 Å². The van der Waals surface area contributed by atoms with E-state index in [0.29, 0.717) is 18.1 Å².